The van der Waals surface area contributed by atoms with Crippen LogP contribution in [0.5, 0.6) is 0 Å². The Labute approximate surface area is 146 Å². The van der Waals surface area contributed by atoms with Gasteiger partial charge in [0.25, 0.3) is 0 Å². The fraction of sp³-hybridized carbons (Fsp3) is 0. The summed E-state index contributed by atoms with van der Waals surface area (Å²) < 4.78 is 40.7. The van der Waals surface area contributed by atoms with Gasteiger partial charge >= 0.3 is 0 Å². The van der Waals surface area contributed by atoms with E-state index in [1.807, 2.05) is 0 Å². The third-order valence-corrected chi connectivity index (χ3v) is 4.08. The molecule has 2 aromatic heterocycles. The number of ketones is 1. The predicted octanol–water partition coefficient (Wildman–Crippen LogP) is 4.88. The lowest BCUT2D eigenvalue weighted by Gasteiger charge is -2.07. The van der Waals surface area contributed by atoms with E-state index in [1.54, 1.807) is 6.07 Å². The third kappa shape index (κ3) is 2.75. The molecular formula is C20H11F3N2O. The van der Waals surface area contributed by atoms with E-state index in [1.165, 1.54) is 42.7 Å². The van der Waals surface area contributed by atoms with Gasteiger partial charge in [0, 0.05) is 29.4 Å². The Morgan fingerprint density at radius 3 is 2.42 bits per heavy atom. The lowest BCUT2D eigenvalue weighted by molar-refractivity contribution is 0.104. The molecule has 0 radical (unpaired) electrons. The van der Waals surface area contributed by atoms with Gasteiger partial charge in [-0.15, -0.1) is 0 Å². The van der Waals surface area contributed by atoms with E-state index in [0.29, 0.717) is 16.6 Å². The van der Waals surface area contributed by atoms with Crippen LogP contribution in [0, 0.1) is 17.5 Å². The molecular weight excluding hydrogens is 341 g/mol. The first-order valence-corrected chi connectivity index (χ1v) is 7.76. The number of H-pyrrole nitrogens is 1. The second kappa shape index (κ2) is 6.15. The number of carbonyl (C=O) groups is 1. The van der Waals surface area contributed by atoms with Crippen molar-refractivity contribution in [2.75, 3.05) is 0 Å². The number of hydrogen-bond donors (Lipinski definition) is 1. The van der Waals surface area contributed by atoms with Gasteiger partial charge in [0.1, 0.15) is 23.1 Å². The van der Waals surface area contributed by atoms with Crippen LogP contribution in [-0.4, -0.2) is 15.8 Å². The molecule has 0 bridgehead atoms. The van der Waals surface area contributed by atoms with Crippen LogP contribution in [0.15, 0.2) is 60.9 Å². The largest absolute Gasteiger partial charge is 0.345 e. The molecule has 0 aliphatic carbocycles. The Bertz CT molecular complexity index is 1130. The molecule has 4 aromatic rings. The fourth-order valence-electron chi connectivity index (χ4n) is 2.97. The van der Waals surface area contributed by atoms with Gasteiger partial charge in [-0.05, 0) is 41.5 Å². The van der Waals surface area contributed by atoms with Gasteiger partial charge in [0.15, 0.2) is 5.78 Å². The highest BCUT2D eigenvalue weighted by Gasteiger charge is 2.19. The lowest BCUT2D eigenvalue weighted by atomic mass is 9.97. The highest BCUT2D eigenvalue weighted by Crippen LogP contribution is 2.32. The molecule has 0 fully saturated rings. The van der Waals surface area contributed by atoms with Crippen LogP contribution >= 0.6 is 0 Å². The fourth-order valence-corrected chi connectivity index (χ4v) is 2.97. The minimum absolute atomic E-state index is 0.172. The van der Waals surface area contributed by atoms with Gasteiger partial charge in [-0.25, -0.2) is 18.2 Å². The molecule has 0 spiro atoms. The molecule has 0 aliphatic rings. The Hall–Kier alpha value is -3.41. The zero-order valence-corrected chi connectivity index (χ0v) is 13.3. The summed E-state index contributed by atoms with van der Waals surface area (Å²) in [6.07, 6.45) is 2.94. The number of nitrogens with one attached hydrogen (secondary N) is 1. The minimum atomic E-state index is -0.724. The van der Waals surface area contributed by atoms with Crippen LogP contribution in [0.25, 0.3) is 22.2 Å². The molecule has 2 aromatic carbocycles. The van der Waals surface area contributed by atoms with Crippen molar-refractivity contribution in [2.24, 2.45) is 0 Å². The average molecular weight is 352 g/mol. The first kappa shape index (κ1) is 16.1. The number of aromatic nitrogens is 2. The summed E-state index contributed by atoms with van der Waals surface area (Å²) in [5.41, 5.74) is 1.55. The van der Waals surface area contributed by atoms with Crippen molar-refractivity contribution in [1.29, 1.82) is 0 Å². The molecule has 0 saturated carbocycles. The number of aromatic amines is 1. The summed E-state index contributed by atoms with van der Waals surface area (Å²) in [4.78, 5) is 19.9. The van der Waals surface area contributed by atoms with E-state index in [0.717, 1.165) is 12.1 Å². The smallest absolute Gasteiger partial charge is 0.195 e. The Balaban J connectivity index is 1.94. The van der Waals surface area contributed by atoms with Crippen molar-refractivity contribution >= 4 is 16.8 Å². The van der Waals surface area contributed by atoms with E-state index in [-0.39, 0.29) is 16.7 Å². The van der Waals surface area contributed by atoms with E-state index in [9.17, 15) is 18.0 Å². The normalized spacial score (nSPS) is 11.0. The standard InChI is InChI=1S/C20H11F3N2O/c21-13-3-1-2-11(6-13)19(26)17-10-25-20-18(17)16(4-5-24-20)12-7-14(22)9-15(23)8-12/h1-10H,(H,24,25). The minimum Gasteiger partial charge on any atom is -0.345 e. The SMILES string of the molecule is O=C(c1cccc(F)c1)c1c[nH]c2nccc(-c3cc(F)cc(F)c3)c12. The monoisotopic (exact) mass is 352 g/mol. The molecule has 128 valence electrons. The third-order valence-electron chi connectivity index (χ3n) is 4.08. The molecule has 4 rings (SSSR count). The summed E-state index contributed by atoms with van der Waals surface area (Å²) in [5.74, 6) is -2.39. The van der Waals surface area contributed by atoms with Crippen molar-refractivity contribution in [3.63, 3.8) is 0 Å². The summed E-state index contributed by atoms with van der Waals surface area (Å²) in [6, 6.07) is 10.0. The van der Waals surface area contributed by atoms with Crippen LogP contribution in [-0.2, 0) is 0 Å². The van der Waals surface area contributed by atoms with Gasteiger partial charge in [-0.1, -0.05) is 12.1 Å². The van der Waals surface area contributed by atoms with Crippen LogP contribution in [0.4, 0.5) is 13.2 Å². The average Bonchev–Trinajstić information content (AvgIpc) is 3.04. The molecule has 6 heteroatoms. The number of benzene rings is 2. The van der Waals surface area contributed by atoms with Gasteiger partial charge in [-0.3, -0.25) is 4.79 Å². The van der Waals surface area contributed by atoms with Crippen molar-refractivity contribution in [2.45, 2.75) is 0 Å². The van der Waals surface area contributed by atoms with Gasteiger partial charge < -0.3 is 4.98 Å². The molecule has 1 N–H and O–H groups in total. The van der Waals surface area contributed by atoms with Crippen LogP contribution < -0.4 is 0 Å². The van der Waals surface area contributed by atoms with Crippen LogP contribution in [0.3, 0.4) is 0 Å². The van der Waals surface area contributed by atoms with E-state index in [4.69, 9.17) is 0 Å². The lowest BCUT2D eigenvalue weighted by Crippen LogP contribution is -2.01. The molecule has 0 atom stereocenters. The Morgan fingerprint density at radius 2 is 1.69 bits per heavy atom. The molecule has 26 heavy (non-hydrogen) atoms. The molecule has 0 amide bonds. The Kier molecular flexibility index (Phi) is 3.80. The van der Waals surface area contributed by atoms with Gasteiger partial charge in [0.05, 0.1) is 5.56 Å². The first-order chi connectivity index (χ1) is 12.5. The summed E-state index contributed by atoms with van der Waals surface area (Å²) in [7, 11) is 0. The summed E-state index contributed by atoms with van der Waals surface area (Å²) >= 11 is 0. The molecule has 3 nitrogen and oxygen atoms in total. The first-order valence-electron chi connectivity index (χ1n) is 7.76. The maximum atomic E-state index is 13.6. The topological polar surface area (TPSA) is 45.8 Å². The maximum Gasteiger partial charge on any atom is 0.195 e. The van der Waals surface area contributed by atoms with E-state index < -0.39 is 23.2 Å². The second-order valence-corrected chi connectivity index (χ2v) is 5.78. The van der Waals surface area contributed by atoms with Crippen molar-refractivity contribution in [3.8, 4) is 11.1 Å². The predicted molar refractivity (Wildman–Crippen MR) is 91.3 cm³/mol. The number of hydrogen-bond acceptors (Lipinski definition) is 2. The molecule has 0 unspecified atom stereocenters. The number of nitrogens with zero attached hydrogens (tertiary/aromatic N) is 1. The number of halogens is 3. The number of rotatable bonds is 3. The zero-order valence-electron chi connectivity index (χ0n) is 13.3. The highest BCUT2D eigenvalue weighted by molar-refractivity contribution is 6.18. The number of pyridine rings is 1. The molecule has 0 aliphatic heterocycles. The summed E-state index contributed by atoms with van der Waals surface area (Å²) in [6.45, 7) is 0. The van der Waals surface area contributed by atoms with Crippen molar-refractivity contribution < 1.29 is 18.0 Å². The number of fused-ring (bicyclic) bond motifs is 1. The van der Waals surface area contributed by atoms with Crippen LogP contribution in [0.2, 0.25) is 0 Å². The summed E-state index contributed by atoms with van der Waals surface area (Å²) in [5, 5.41) is 0.423. The maximum absolute atomic E-state index is 13.6. The second-order valence-electron chi connectivity index (χ2n) is 5.78. The number of carbonyl (C=O) groups excluding carboxylic acids is 1. The van der Waals surface area contributed by atoms with E-state index in [2.05, 4.69) is 9.97 Å². The van der Waals surface area contributed by atoms with Gasteiger partial charge in [-0.2, -0.15) is 0 Å². The van der Waals surface area contributed by atoms with E-state index >= 15 is 0 Å². The highest BCUT2D eigenvalue weighted by atomic mass is 19.1. The van der Waals surface area contributed by atoms with Crippen LogP contribution in [0.1, 0.15) is 15.9 Å². The van der Waals surface area contributed by atoms with Gasteiger partial charge in [0.2, 0.25) is 0 Å². The molecule has 2 heterocycles. The van der Waals surface area contributed by atoms with Crippen molar-refractivity contribution in [1.82, 2.24) is 9.97 Å². The molecule has 0 saturated heterocycles. The zero-order chi connectivity index (χ0) is 18.3. The Morgan fingerprint density at radius 1 is 0.923 bits per heavy atom. The quantitative estimate of drug-likeness (QED) is 0.534. The van der Waals surface area contributed by atoms with Crippen molar-refractivity contribution in [3.05, 3.63) is 89.5 Å².